The van der Waals surface area contributed by atoms with E-state index in [0.29, 0.717) is 6.04 Å². The SMILES string of the molecule is COCCN(C)C(C)CNCc1ccco1. The molecular formula is C12H22N2O2. The molecule has 1 atom stereocenters. The van der Waals surface area contributed by atoms with E-state index in [1.165, 1.54) is 0 Å². The van der Waals surface area contributed by atoms with Gasteiger partial charge in [0, 0.05) is 26.2 Å². The van der Waals surface area contributed by atoms with Crippen LogP contribution in [0.4, 0.5) is 0 Å². The monoisotopic (exact) mass is 226 g/mol. The van der Waals surface area contributed by atoms with Crippen LogP contribution < -0.4 is 5.32 Å². The van der Waals surface area contributed by atoms with E-state index in [-0.39, 0.29) is 0 Å². The fourth-order valence-corrected chi connectivity index (χ4v) is 1.43. The van der Waals surface area contributed by atoms with Crippen LogP contribution in [-0.2, 0) is 11.3 Å². The molecule has 0 amide bonds. The number of hydrogen-bond donors (Lipinski definition) is 1. The van der Waals surface area contributed by atoms with Crippen molar-refractivity contribution in [3.63, 3.8) is 0 Å². The molecule has 1 aromatic heterocycles. The molecule has 16 heavy (non-hydrogen) atoms. The van der Waals surface area contributed by atoms with Crippen molar-refractivity contribution in [2.75, 3.05) is 33.9 Å². The summed E-state index contributed by atoms with van der Waals surface area (Å²) in [7, 11) is 3.84. The first kappa shape index (κ1) is 13.2. The van der Waals surface area contributed by atoms with Crippen molar-refractivity contribution >= 4 is 0 Å². The summed E-state index contributed by atoms with van der Waals surface area (Å²) in [6, 6.07) is 4.38. The predicted octanol–water partition coefficient (Wildman–Crippen LogP) is 1.34. The van der Waals surface area contributed by atoms with E-state index in [1.807, 2.05) is 12.1 Å². The second-order valence-corrected chi connectivity index (χ2v) is 4.03. The highest BCUT2D eigenvalue weighted by molar-refractivity contribution is 4.97. The lowest BCUT2D eigenvalue weighted by molar-refractivity contribution is 0.142. The van der Waals surface area contributed by atoms with Gasteiger partial charge in [-0.2, -0.15) is 0 Å². The van der Waals surface area contributed by atoms with Crippen LogP contribution >= 0.6 is 0 Å². The zero-order valence-electron chi connectivity index (χ0n) is 10.4. The van der Waals surface area contributed by atoms with E-state index in [2.05, 4.69) is 24.2 Å². The maximum Gasteiger partial charge on any atom is 0.117 e. The summed E-state index contributed by atoms with van der Waals surface area (Å²) >= 11 is 0. The third-order valence-corrected chi connectivity index (χ3v) is 2.72. The van der Waals surface area contributed by atoms with Gasteiger partial charge in [-0.05, 0) is 26.1 Å². The third kappa shape index (κ3) is 4.79. The molecule has 0 aliphatic carbocycles. The fourth-order valence-electron chi connectivity index (χ4n) is 1.43. The smallest absolute Gasteiger partial charge is 0.117 e. The van der Waals surface area contributed by atoms with Crippen molar-refractivity contribution in [2.24, 2.45) is 0 Å². The highest BCUT2D eigenvalue weighted by Gasteiger charge is 2.08. The number of nitrogens with one attached hydrogen (secondary N) is 1. The molecule has 0 fully saturated rings. The van der Waals surface area contributed by atoms with Gasteiger partial charge in [0.25, 0.3) is 0 Å². The average Bonchev–Trinajstić information content (AvgIpc) is 2.78. The van der Waals surface area contributed by atoms with E-state index >= 15 is 0 Å². The zero-order chi connectivity index (χ0) is 11.8. The standard InChI is InChI=1S/C12H22N2O2/c1-11(14(2)6-8-15-3)9-13-10-12-5-4-7-16-12/h4-5,7,11,13H,6,8-10H2,1-3H3. The highest BCUT2D eigenvalue weighted by Crippen LogP contribution is 1.99. The molecule has 4 heteroatoms. The van der Waals surface area contributed by atoms with Gasteiger partial charge in [0.2, 0.25) is 0 Å². The summed E-state index contributed by atoms with van der Waals surface area (Å²) < 4.78 is 10.3. The maximum absolute atomic E-state index is 5.24. The molecule has 1 heterocycles. The Morgan fingerprint density at radius 1 is 1.56 bits per heavy atom. The van der Waals surface area contributed by atoms with Crippen molar-refractivity contribution < 1.29 is 9.15 Å². The minimum absolute atomic E-state index is 0.491. The molecule has 0 spiro atoms. The normalized spacial score (nSPS) is 13.2. The second kappa shape index (κ2) is 7.44. The van der Waals surface area contributed by atoms with E-state index in [1.54, 1.807) is 13.4 Å². The van der Waals surface area contributed by atoms with Crippen LogP contribution in [-0.4, -0.2) is 44.8 Å². The molecule has 0 bridgehead atoms. The van der Waals surface area contributed by atoms with Crippen molar-refractivity contribution in [3.8, 4) is 0 Å². The number of nitrogens with zero attached hydrogens (tertiary/aromatic N) is 1. The number of likely N-dealkylation sites (N-methyl/N-ethyl adjacent to an activating group) is 1. The Balaban J connectivity index is 2.11. The third-order valence-electron chi connectivity index (χ3n) is 2.72. The van der Waals surface area contributed by atoms with E-state index in [0.717, 1.165) is 32.0 Å². The predicted molar refractivity (Wildman–Crippen MR) is 64.4 cm³/mol. The second-order valence-electron chi connectivity index (χ2n) is 4.03. The minimum Gasteiger partial charge on any atom is -0.468 e. The van der Waals surface area contributed by atoms with Gasteiger partial charge in [-0.1, -0.05) is 0 Å². The van der Waals surface area contributed by atoms with Gasteiger partial charge < -0.3 is 19.4 Å². The summed E-state index contributed by atoms with van der Waals surface area (Å²) in [4.78, 5) is 2.28. The Morgan fingerprint density at radius 3 is 3.00 bits per heavy atom. The molecule has 1 aromatic rings. The van der Waals surface area contributed by atoms with Crippen molar-refractivity contribution in [1.82, 2.24) is 10.2 Å². The number of ether oxygens (including phenoxy) is 1. The first-order valence-corrected chi connectivity index (χ1v) is 5.66. The Morgan fingerprint density at radius 2 is 2.38 bits per heavy atom. The Labute approximate surface area is 97.6 Å². The summed E-state index contributed by atoms with van der Waals surface area (Å²) in [5, 5.41) is 3.37. The lowest BCUT2D eigenvalue weighted by Gasteiger charge is -2.24. The Kier molecular flexibility index (Phi) is 6.15. The van der Waals surface area contributed by atoms with Gasteiger partial charge in [0.1, 0.15) is 5.76 Å². The van der Waals surface area contributed by atoms with Crippen LogP contribution in [0.5, 0.6) is 0 Å². The fraction of sp³-hybridized carbons (Fsp3) is 0.667. The van der Waals surface area contributed by atoms with E-state index < -0.39 is 0 Å². The Hall–Kier alpha value is -0.840. The van der Waals surface area contributed by atoms with Crippen LogP contribution in [0.3, 0.4) is 0 Å². The molecule has 92 valence electrons. The maximum atomic E-state index is 5.24. The topological polar surface area (TPSA) is 37.6 Å². The van der Waals surface area contributed by atoms with Gasteiger partial charge in [0.05, 0.1) is 19.4 Å². The summed E-state index contributed by atoms with van der Waals surface area (Å²) in [5.74, 6) is 0.978. The van der Waals surface area contributed by atoms with Crippen LogP contribution in [0.2, 0.25) is 0 Å². The number of rotatable bonds is 8. The molecule has 1 rings (SSSR count). The molecule has 4 nitrogen and oxygen atoms in total. The molecule has 0 saturated heterocycles. The van der Waals surface area contributed by atoms with Crippen LogP contribution in [0.1, 0.15) is 12.7 Å². The molecule has 0 aliphatic heterocycles. The van der Waals surface area contributed by atoms with E-state index in [9.17, 15) is 0 Å². The van der Waals surface area contributed by atoms with Gasteiger partial charge in [0.15, 0.2) is 0 Å². The quantitative estimate of drug-likeness (QED) is 0.726. The zero-order valence-corrected chi connectivity index (χ0v) is 10.4. The molecule has 0 radical (unpaired) electrons. The lowest BCUT2D eigenvalue weighted by Crippen LogP contribution is -2.39. The lowest BCUT2D eigenvalue weighted by atomic mass is 10.3. The van der Waals surface area contributed by atoms with Crippen molar-refractivity contribution in [2.45, 2.75) is 19.5 Å². The van der Waals surface area contributed by atoms with Crippen molar-refractivity contribution in [1.29, 1.82) is 0 Å². The Bertz CT molecular complexity index is 262. The number of hydrogen-bond acceptors (Lipinski definition) is 4. The van der Waals surface area contributed by atoms with Crippen LogP contribution in [0, 0.1) is 0 Å². The van der Waals surface area contributed by atoms with Crippen LogP contribution in [0.25, 0.3) is 0 Å². The molecule has 1 unspecified atom stereocenters. The molecule has 0 aliphatic rings. The highest BCUT2D eigenvalue weighted by atomic mass is 16.5. The molecule has 1 N–H and O–H groups in total. The van der Waals surface area contributed by atoms with Gasteiger partial charge in [-0.3, -0.25) is 0 Å². The molecule has 0 aromatic carbocycles. The molecule has 0 saturated carbocycles. The average molecular weight is 226 g/mol. The largest absolute Gasteiger partial charge is 0.468 e. The summed E-state index contributed by atoms with van der Waals surface area (Å²) in [5.41, 5.74) is 0. The first-order chi connectivity index (χ1) is 7.74. The van der Waals surface area contributed by atoms with Gasteiger partial charge in [-0.25, -0.2) is 0 Å². The number of furan rings is 1. The van der Waals surface area contributed by atoms with Crippen molar-refractivity contribution in [3.05, 3.63) is 24.2 Å². The number of methoxy groups -OCH3 is 1. The minimum atomic E-state index is 0.491. The van der Waals surface area contributed by atoms with Gasteiger partial charge >= 0.3 is 0 Å². The van der Waals surface area contributed by atoms with Crippen LogP contribution in [0.15, 0.2) is 22.8 Å². The first-order valence-electron chi connectivity index (χ1n) is 5.66. The molecular weight excluding hydrogens is 204 g/mol. The summed E-state index contributed by atoms with van der Waals surface area (Å²) in [6.45, 7) is 5.67. The van der Waals surface area contributed by atoms with E-state index in [4.69, 9.17) is 9.15 Å². The van der Waals surface area contributed by atoms with Gasteiger partial charge in [-0.15, -0.1) is 0 Å². The summed E-state index contributed by atoms with van der Waals surface area (Å²) in [6.07, 6.45) is 1.70.